The number of hydrogen-bond donors (Lipinski definition) is 2. The minimum absolute atomic E-state index is 0.0256. The van der Waals surface area contributed by atoms with Crippen LogP contribution in [-0.2, 0) is 24.5 Å². The molecule has 33 heavy (non-hydrogen) atoms. The lowest BCUT2D eigenvalue weighted by Crippen LogP contribution is -2.32. The number of halogens is 4. The Kier molecular flexibility index (Phi) is 6.51. The monoisotopic (exact) mass is 467 g/mol. The number of aryl methyl sites for hydroxylation is 1. The van der Waals surface area contributed by atoms with Crippen LogP contribution in [0.2, 0.25) is 0 Å². The summed E-state index contributed by atoms with van der Waals surface area (Å²) in [5.74, 6) is -1.52. The Labute approximate surface area is 186 Å². The summed E-state index contributed by atoms with van der Waals surface area (Å²) in [6.07, 6.45) is -3.27. The largest absolute Gasteiger partial charge is 0.444 e. The highest BCUT2D eigenvalue weighted by Gasteiger charge is 2.38. The molecule has 0 saturated carbocycles. The van der Waals surface area contributed by atoms with E-state index in [0.717, 1.165) is 18.5 Å². The molecule has 2 aromatic heterocycles. The third-order valence-electron chi connectivity index (χ3n) is 4.10. The van der Waals surface area contributed by atoms with E-state index in [1.807, 2.05) is 0 Å². The first-order valence-corrected chi connectivity index (χ1v) is 9.65. The van der Waals surface area contributed by atoms with Crippen LogP contribution in [0.15, 0.2) is 30.7 Å². The Bertz CT molecular complexity index is 1160. The van der Waals surface area contributed by atoms with Crippen LogP contribution >= 0.6 is 0 Å². The van der Waals surface area contributed by atoms with Gasteiger partial charge >= 0.3 is 12.3 Å². The maximum Gasteiger partial charge on any atom is 0.419 e. The maximum atomic E-state index is 15.1. The van der Waals surface area contributed by atoms with Gasteiger partial charge in [0.05, 0.1) is 11.1 Å². The standard InChI is InChI=1S/C20H21F4N7O2/c1-19(2,3)33-18(32)25-9-11-5-6-12(15(21)14(11)20(22,23)24)16-26-10-27-17(29-16)28-13-7-8-31(4)30-13/h5-8,10H,9H2,1-4H3,(H,25,32)(H,26,27,28,29,30). The maximum absolute atomic E-state index is 15.1. The highest BCUT2D eigenvalue weighted by molar-refractivity contribution is 5.68. The average molecular weight is 467 g/mol. The molecule has 0 fully saturated rings. The number of nitrogens with one attached hydrogen (secondary N) is 2. The van der Waals surface area contributed by atoms with Crippen molar-refractivity contribution in [2.75, 3.05) is 5.32 Å². The van der Waals surface area contributed by atoms with Gasteiger partial charge in [-0.05, 0) is 32.4 Å². The van der Waals surface area contributed by atoms with Crippen LogP contribution in [0, 0.1) is 5.82 Å². The molecule has 0 atom stereocenters. The van der Waals surface area contributed by atoms with E-state index in [4.69, 9.17) is 4.74 Å². The van der Waals surface area contributed by atoms with E-state index in [-0.39, 0.29) is 11.8 Å². The Morgan fingerprint density at radius 3 is 2.48 bits per heavy atom. The summed E-state index contributed by atoms with van der Waals surface area (Å²) >= 11 is 0. The third-order valence-corrected chi connectivity index (χ3v) is 4.10. The quantitative estimate of drug-likeness (QED) is 0.542. The van der Waals surface area contributed by atoms with Gasteiger partial charge in [0.1, 0.15) is 17.7 Å². The molecular formula is C20H21F4N7O2. The predicted molar refractivity (Wildman–Crippen MR) is 110 cm³/mol. The van der Waals surface area contributed by atoms with E-state index in [1.54, 1.807) is 40.1 Å². The van der Waals surface area contributed by atoms with Gasteiger partial charge in [0, 0.05) is 25.9 Å². The molecule has 0 spiro atoms. The van der Waals surface area contributed by atoms with Crippen molar-refractivity contribution in [2.24, 2.45) is 7.05 Å². The molecule has 0 unspecified atom stereocenters. The Balaban J connectivity index is 1.91. The molecule has 0 aliphatic carbocycles. The van der Waals surface area contributed by atoms with E-state index in [1.165, 1.54) is 4.68 Å². The molecule has 2 N–H and O–H groups in total. The van der Waals surface area contributed by atoms with Gasteiger partial charge in [-0.2, -0.15) is 23.3 Å². The van der Waals surface area contributed by atoms with Crippen molar-refractivity contribution in [3.05, 3.63) is 47.7 Å². The molecule has 3 aromatic rings. The van der Waals surface area contributed by atoms with Gasteiger partial charge in [0.15, 0.2) is 11.6 Å². The van der Waals surface area contributed by atoms with Crippen LogP contribution in [-0.4, -0.2) is 36.4 Å². The molecule has 9 nitrogen and oxygen atoms in total. The van der Waals surface area contributed by atoms with Crippen molar-refractivity contribution in [3.63, 3.8) is 0 Å². The number of carbonyl (C=O) groups is 1. The first-order chi connectivity index (χ1) is 15.3. The van der Waals surface area contributed by atoms with Crippen molar-refractivity contribution < 1.29 is 27.1 Å². The fourth-order valence-electron chi connectivity index (χ4n) is 2.81. The van der Waals surface area contributed by atoms with E-state index < -0.39 is 46.9 Å². The molecule has 2 heterocycles. The molecule has 1 amide bonds. The van der Waals surface area contributed by atoms with E-state index in [9.17, 15) is 18.0 Å². The number of ether oxygens (including phenoxy) is 1. The van der Waals surface area contributed by atoms with Crippen molar-refractivity contribution in [3.8, 4) is 11.4 Å². The van der Waals surface area contributed by atoms with Crippen LogP contribution in [0.5, 0.6) is 0 Å². The number of hydrogen-bond acceptors (Lipinski definition) is 7. The van der Waals surface area contributed by atoms with Gasteiger partial charge in [-0.1, -0.05) is 6.07 Å². The van der Waals surface area contributed by atoms with Crippen molar-refractivity contribution in [2.45, 2.75) is 39.1 Å². The number of alkyl halides is 3. The first-order valence-electron chi connectivity index (χ1n) is 9.65. The summed E-state index contributed by atoms with van der Waals surface area (Å²) in [4.78, 5) is 23.5. The van der Waals surface area contributed by atoms with Gasteiger partial charge < -0.3 is 15.4 Å². The van der Waals surface area contributed by atoms with Crippen molar-refractivity contribution >= 4 is 17.9 Å². The molecule has 0 radical (unpaired) electrons. The first kappa shape index (κ1) is 23.9. The van der Waals surface area contributed by atoms with Crippen LogP contribution in [0.1, 0.15) is 31.9 Å². The number of anilines is 2. The van der Waals surface area contributed by atoms with E-state index in [0.29, 0.717) is 5.82 Å². The minimum atomic E-state index is -5.03. The number of nitrogens with zero attached hydrogens (tertiary/aromatic N) is 5. The summed E-state index contributed by atoms with van der Waals surface area (Å²) in [5, 5.41) is 9.04. The molecule has 3 rings (SSSR count). The highest BCUT2D eigenvalue weighted by atomic mass is 19.4. The third kappa shape index (κ3) is 6.14. The van der Waals surface area contributed by atoms with Crippen molar-refractivity contribution in [1.82, 2.24) is 30.0 Å². The summed E-state index contributed by atoms with van der Waals surface area (Å²) in [6, 6.07) is 3.78. The van der Waals surface area contributed by atoms with Crippen LogP contribution in [0.3, 0.4) is 0 Å². The molecule has 0 bridgehead atoms. The summed E-state index contributed by atoms with van der Waals surface area (Å²) in [7, 11) is 1.69. The number of aromatic nitrogens is 5. The average Bonchev–Trinajstić information content (AvgIpc) is 3.08. The van der Waals surface area contributed by atoms with Crippen LogP contribution in [0.25, 0.3) is 11.4 Å². The molecule has 0 aliphatic heterocycles. The molecule has 13 heteroatoms. The number of carbonyl (C=O) groups excluding carboxylic acids is 1. The number of amides is 1. The van der Waals surface area contributed by atoms with Gasteiger partial charge in [-0.15, -0.1) is 0 Å². The number of benzene rings is 1. The molecule has 176 valence electrons. The zero-order valence-electron chi connectivity index (χ0n) is 18.2. The van der Waals surface area contributed by atoms with Gasteiger partial charge in [0.2, 0.25) is 5.95 Å². The second-order valence-electron chi connectivity index (χ2n) is 7.95. The Morgan fingerprint density at radius 1 is 1.15 bits per heavy atom. The molecule has 0 aliphatic rings. The van der Waals surface area contributed by atoms with Crippen LogP contribution in [0.4, 0.5) is 34.1 Å². The SMILES string of the molecule is Cn1ccc(Nc2ncnc(-c3ccc(CNC(=O)OC(C)(C)C)c(C(F)(F)F)c3F)n2)n1. The zero-order valence-corrected chi connectivity index (χ0v) is 18.2. The Morgan fingerprint density at radius 2 is 1.88 bits per heavy atom. The molecular weight excluding hydrogens is 446 g/mol. The topological polar surface area (TPSA) is 107 Å². The Hall–Kier alpha value is -3.77. The number of rotatable bonds is 5. The lowest BCUT2D eigenvalue weighted by molar-refractivity contribution is -0.140. The zero-order chi connectivity index (χ0) is 24.4. The highest BCUT2D eigenvalue weighted by Crippen LogP contribution is 2.37. The summed E-state index contributed by atoms with van der Waals surface area (Å²) in [5.41, 5.74) is -3.33. The van der Waals surface area contributed by atoms with Gasteiger partial charge in [0.25, 0.3) is 0 Å². The second-order valence-corrected chi connectivity index (χ2v) is 7.95. The summed E-state index contributed by atoms with van der Waals surface area (Å²) in [6.45, 7) is 4.22. The lowest BCUT2D eigenvalue weighted by atomic mass is 10.0. The van der Waals surface area contributed by atoms with Crippen LogP contribution < -0.4 is 10.6 Å². The smallest absolute Gasteiger partial charge is 0.419 e. The minimum Gasteiger partial charge on any atom is -0.444 e. The molecule has 1 aromatic carbocycles. The van der Waals surface area contributed by atoms with Crippen molar-refractivity contribution in [1.29, 1.82) is 0 Å². The molecule has 0 saturated heterocycles. The fraction of sp³-hybridized carbons (Fsp3) is 0.350. The predicted octanol–water partition coefficient (Wildman–Crippen LogP) is 4.20. The van der Waals surface area contributed by atoms with E-state index in [2.05, 4.69) is 30.7 Å². The summed E-state index contributed by atoms with van der Waals surface area (Å²) < 4.78 is 62.7. The lowest BCUT2D eigenvalue weighted by Gasteiger charge is -2.21. The second kappa shape index (κ2) is 9.00. The fourth-order valence-corrected chi connectivity index (χ4v) is 2.81. The van der Waals surface area contributed by atoms with Gasteiger partial charge in [-0.25, -0.2) is 19.2 Å². The number of alkyl carbamates (subject to hydrolysis) is 1. The van der Waals surface area contributed by atoms with Gasteiger partial charge in [-0.3, -0.25) is 4.68 Å². The van der Waals surface area contributed by atoms with E-state index >= 15 is 4.39 Å². The normalized spacial score (nSPS) is 11.9.